The SMILES string of the molecule is CC/C=C\C/C=C\C/C=C\C/C=C\CCCCCCCCC(=O)OCC(COC(=O)CCCCCCCCCCCCCCCCCCC)OC(=O)CCCCCCCCCCC/C=C\CCCCCCCC. The van der Waals surface area contributed by atoms with Gasteiger partial charge in [0.2, 0.25) is 0 Å². The zero-order valence-corrected chi connectivity index (χ0v) is 48.7. The Morgan fingerprint density at radius 2 is 0.534 bits per heavy atom. The lowest BCUT2D eigenvalue weighted by Gasteiger charge is -2.18. The maximum absolute atomic E-state index is 12.9. The van der Waals surface area contributed by atoms with Crippen LogP contribution in [0, 0.1) is 0 Å². The average molecular weight is 1020 g/mol. The number of ether oxygens (including phenoxy) is 3. The minimum Gasteiger partial charge on any atom is -0.462 e. The number of hydrogen-bond acceptors (Lipinski definition) is 6. The molecular formula is C67H120O6. The molecule has 0 aliphatic rings. The molecule has 6 nitrogen and oxygen atoms in total. The zero-order valence-electron chi connectivity index (χ0n) is 48.7. The molecule has 0 aliphatic heterocycles. The quantitative estimate of drug-likeness (QED) is 0.0261. The summed E-state index contributed by atoms with van der Waals surface area (Å²) >= 11 is 0. The average Bonchev–Trinajstić information content (AvgIpc) is 3.39. The molecular weight excluding hydrogens is 901 g/mol. The van der Waals surface area contributed by atoms with Crippen LogP contribution in [0.15, 0.2) is 60.8 Å². The van der Waals surface area contributed by atoms with Gasteiger partial charge in [-0.3, -0.25) is 14.4 Å². The zero-order chi connectivity index (χ0) is 52.9. The van der Waals surface area contributed by atoms with Gasteiger partial charge in [0.25, 0.3) is 0 Å². The number of carbonyl (C=O) groups is 3. The van der Waals surface area contributed by atoms with Crippen LogP contribution in [0.3, 0.4) is 0 Å². The smallest absolute Gasteiger partial charge is 0.306 e. The standard InChI is InChI=1S/C67H120O6/c1-4-7-10-13-16-19-22-25-28-31-33-36-39-42-45-48-51-54-57-60-66(69)72-63-64(62-71-65(68)59-56-53-50-47-44-41-38-35-30-27-24-21-18-15-12-9-6-3)73-67(70)61-58-55-52-49-46-43-40-37-34-32-29-26-23-20-17-14-11-8-5-2/h7,10,16,19,25-26,28-29,33,36,64H,4-6,8-9,11-15,17-18,20-24,27,30-32,34-35,37-63H2,1-3H3/b10-7-,19-16-,28-25-,29-26-,36-33-. The first kappa shape index (κ1) is 70.1. The van der Waals surface area contributed by atoms with Crippen molar-refractivity contribution in [3.8, 4) is 0 Å². The molecule has 0 spiro atoms. The van der Waals surface area contributed by atoms with Gasteiger partial charge in [-0.05, 0) is 83.5 Å². The van der Waals surface area contributed by atoms with Crippen LogP contribution in [-0.4, -0.2) is 37.2 Å². The Balaban J connectivity index is 4.38. The van der Waals surface area contributed by atoms with E-state index in [1.165, 1.54) is 199 Å². The van der Waals surface area contributed by atoms with Crippen molar-refractivity contribution in [1.82, 2.24) is 0 Å². The van der Waals surface area contributed by atoms with Crippen LogP contribution < -0.4 is 0 Å². The van der Waals surface area contributed by atoms with E-state index in [1.807, 2.05) is 0 Å². The van der Waals surface area contributed by atoms with Gasteiger partial charge in [-0.15, -0.1) is 0 Å². The van der Waals surface area contributed by atoms with Crippen LogP contribution in [0.2, 0.25) is 0 Å². The van der Waals surface area contributed by atoms with Crippen LogP contribution in [0.4, 0.5) is 0 Å². The van der Waals surface area contributed by atoms with Crippen LogP contribution in [0.25, 0.3) is 0 Å². The van der Waals surface area contributed by atoms with Crippen molar-refractivity contribution in [2.75, 3.05) is 13.2 Å². The van der Waals surface area contributed by atoms with E-state index in [-0.39, 0.29) is 31.1 Å². The molecule has 0 radical (unpaired) electrons. The molecule has 73 heavy (non-hydrogen) atoms. The van der Waals surface area contributed by atoms with Gasteiger partial charge in [-0.1, -0.05) is 287 Å². The van der Waals surface area contributed by atoms with E-state index < -0.39 is 6.10 Å². The summed E-state index contributed by atoms with van der Waals surface area (Å²) in [4.78, 5) is 38.3. The summed E-state index contributed by atoms with van der Waals surface area (Å²) in [5.41, 5.74) is 0. The molecule has 0 bridgehead atoms. The van der Waals surface area contributed by atoms with Crippen molar-refractivity contribution in [3.05, 3.63) is 60.8 Å². The summed E-state index contributed by atoms with van der Waals surface area (Å²) in [5, 5.41) is 0. The lowest BCUT2D eigenvalue weighted by molar-refractivity contribution is -0.167. The van der Waals surface area contributed by atoms with E-state index in [2.05, 4.69) is 81.5 Å². The second-order valence-corrected chi connectivity index (χ2v) is 21.3. The van der Waals surface area contributed by atoms with Crippen LogP contribution in [0.5, 0.6) is 0 Å². The second-order valence-electron chi connectivity index (χ2n) is 21.3. The molecule has 1 atom stereocenters. The molecule has 424 valence electrons. The van der Waals surface area contributed by atoms with Crippen molar-refractivity contribution in [1.29, 1.82) is 0 Å². The monoisotopic (exact) mass is 1020 g/mol. The third-order valence-corrected chi connectivity index (χ3v) is 14.0. The summed E-state index contributed by atoms with van der Waals surface area (Å²) in [5.74, 6) is -0.874. The summed E-state index contributed by atoms with van der Waals surface area (Å²) in [6.07, 6.45) is 77.9. The fourth-order valence-corrected chi connectivity index (χ4v) is 9.25. The van der Waals surface area contributed by atoms with E-state index in [0.29, 0.717) is 19.3 Å². The Morgan fingerprint density at radius 3 is 0.849 bits per heavy atom. The lowest BCUT2D eigenvalue weighted by Crippen LogP contribution is -2.30. The van der Waals surface area contributed by atoms with Crippen molar-refractivity contribution in [2.24, 2.45) is 0 Å². The number of allylic oxidation sites excluding steroid dienone is 10. The Morgan fingerprint density at radius 1 is 0.288 bits per heavy atom. The van der Waals surface area contributed by atoms with Crippen molar-refractivity contribution in [2.45, 2.75) is 335 Å². The molecule has 0 N–H and O–H groups in total. The molecule has 1 unspecified atom stereocenters. The summed E-state index contributed by atoms with van der Waals surface area (Å²) in [6.45, 7) is 6.56. The number of esters is 3. The predicted molar refractivity (Wildman–Crippen MR) is 316 cm³/mol. The number of carbonyl (C=O) groups excluding carboxylic acids is 3. The molecule has 0 heterocycles. The highest BCUT2D eigenvalue weighted by molar-refractivity contribution is 5.71. The normalized spacial score (nSPS) is 12.4. The second kappa shape index (κ2) is 61.7. The van der Waals surface area contributed by atoms with Crippen molar-refractivity contribution >= 4 is 17.9 Å². The molecule has 0 aromatic rings. The van der Waals surface area contributed by atoms with E-state index in [1.54, 1.807) is 0 Å². The molecule has 0 saturated heterocycles. The summed E-state index contributed by atoms with van der Waals surface area (Å²) < 4.78 is 16.9. The van der Waals surface area contributed by atoms with Gasteiger partial charge in [0.05, 0.1) is 0 Å². The highest BCUT2D eigenvalue weighted by Gasteiger charge is 2.19. The van der Waals surface area contributed by atoms with Crippen LogP contribution >= 0.6 is 0 Å². The van der Waals surface area contributed by atoms with Gasteiger partial charge in [0, 0.05) is 19.3 Å². The summed E-state index contributed by atoms with van der Waals surface area (Å²) in [6, 6.07) is 0. The first-order valence-electron chi connectivity index (χ1n) is 31.8. The van der Waals surface area contributed by atoms with Crippen molar-refractivity contribution in [3.63, 3.8) is 0 Å². The van der Waals surface area contributed by atoms with Crippen molar-refractivity contribution < 1.29 is 28.6 Å². The topological polar surface area (TPSA) is 78.9 Å². The van der Waals surface area contributed by atoms with Crippen LogP contribution in [0.1, 0.15) is 329 Å². The van der Waals surface area contributed by atoms with E-state index in [4.69, 9.17) is 14.2 Å². The molecule has 0 rings (SSSR count). The highest BCUT2D eigenvalue weighted by atomic mass is 16.6. The Labute approximate surface area is 453 Å². The van der Waals surface area contributed by atoms with Gasteiger partial charge in [0.1, 0.15) is 13.2 Å². The number of unbranched alkanes of at least 4 members (excludes halogenated alkanes) is 37. The molecule has 0 aromatic carbocycles. The molecule has 0 amide bonds. The molecule has 0 aliphatic carbocycles. The maximum Gasteiger partial charge on any atom is 0.306 e. The Kier molecular flexibility index (Phi) is 59.2. The molecule has 0 fully saturated rings. The Bertz CT molecular complexity index is 1310. The highest BCUT2D eigenvalue weighted by Crippen LogP contribution is 2.17. The first-order valence-corrected chi connectivity index (χ1v) is 31.8. The van der Waals surface area contributed by atoms with E-state index in [0.717, 1.165) is 89.9 Å². The lowest BCUT2D eigenvalue weighted by atomic mass is 10.0. The third kappa shape index (κ3) is 59.9. The molecule has 0 aromatic heterocycles. The Hall–Kier alpha value is -2.89. The third-order valence-electron chi connectivity index (χ3n) is 14.0. The van der Waals surface area contributed by atoms with E-state index in [9.17, 15) is 14.4 Å². The largest absolute Gasteiger partial charge is 0.462 e. The van der Waals surface area contributed by atoms with Gasteiger partial charge in [0.15, 0.2) is 6.10 Å². The fourth-order valence-electron chi connectivity index (χ4n) is 9.25. The molecule has 0 saturated carbocycles. The molecule has 6 heteroatoms. The fraction of sp³-hybridized carbons (Fsp3) is 0.806. The number of hydrogen-bond donors (Lipinski definition) is 0. The minimum absolute atomic E-state index is 0.0762. The van der Waals surface area contributed by atoms with Gasteiger partial charge >= 0.3 is 17.9 Å². The van der Waals surface area contributed by atoms with Gasteiger partial charge in [-0.25, -0.2) is 0 Å². The summed E-state index contributed by atoms with van der Waals surface area (Å²) in [7, 11) is 0. The minimum atomic E-state index is -0.781. The number of rotatable bonds is 58. The predicted octanol–water partition coefficient (Wildman–Crippen LogP) is 21.6. The van der Waals surface area contributed by atoms with Gasteiger partial charge < -0.3 is 14.2 Å². The first-order chi connectivity index (χ1) is 36.0. The van der Waals surface area contributed by atoms with Crippen LogP contribution in [-0.2, 0) is 28.6 Å². The van der Waals surface area contributed by atoms with E-state index >= 15 is 0 Å². The van der Waals surface area contributed by atoms with Gasteiger partial charge in [-0.2, -0.15) is 0 Å². The maximum atomic E-state index is 12.9.